The lowest BCUT2D eigenvalue weighted by Gasteiger charge is -2.31. The number of H-pyrrole nitrogens is 1. The van der Waals surface area contributed by atoms with E-state index < -0.39 is 211 Å². The minimum atomic E-state index is -2.00. The number of aromatic nitrogens is 1. The number of benzene rings is 4. The molecular formula is C76H103N19O19S. The van der Waals surface area contributed by atoms with Crippen molar-refractivity contribution in [2.24, 2.45) is 28.7 Å². The van der Waals surface area contributed by atoms with Gasteiger partial charge in [0.1, 0.15) is 78.3 Å². The number of thioether (sulfide) groups is 1. The zero-order chi connectivity index (χ0) is 84.6. The lowest BCUT2D eigenvalue weighted by molar-refractivity contribution is -0.137. The Kier molecular flexibility index (Phi) is 35.7. The highest BCUT2D eigenvalue weighted by atomic mass is 32.2. The minimum Gasteiger partial charge on any atom is -0.492 e. The summed E-state index contributed by atoms with van der Waals surface area (Å²) >= 11 is 0.929. The second-order valence-corrected chi connectivity index (χ2v) is 29.3. The number of unbranched alkanes of at least 4 members (excludes halogenated alkanes) is 1. The van der Waals surface area contributed by atoms with Gasteiger partial charge in [-0.3, -0.25) is 81.5 Å². The average molecular weight is 1620 g/mol. The predicted octanol–water partition coefficient (Wildman–Crippen LogP) is -4.72. The number of primary amides is 4. The molecule has 622 valence electrons. The smallest absolute Gasteiger partial charge is 0.245 e. The van der Waals surface area contributed by atoms with Crippen LogP contribution in [0.25, 0.3) is 21.7 Å². The van der Waals surface area contributed by atoms with Crippen molar-refractivity contribution in [1.82, 2.24) is 74.1 Å². The summed E-state index contributed by atoms with van der Waals surface area (Å²) in [5.74, 6) is -16.7. The Morgan fingerprint density at radius 1 is 0.591 bits per heavy atom. The highest BCUT2D eigenvalue weighted by molar-refractivity contribution is 7.99. The highest BCUT2D eigenvalue weighted by Gasteiger charge is 2.40. The predicted molar refractivity (Wildman–Crippen MR) is 421 cm³/mol. The maximum absolute atomic E-state index is 15.6. The van der Waals surface area contributed by atoms with E-state index >= 15 is 19.2 Å². The molecule has 1 aliphatic heterocycles. The molecule has 0 radical (unpaired) electrons. The summed E-state index contributed by atoms with van der Waals surface area (Å²) in [4.78, 5) is 238. The summed E-state index contributed by atoms with van der Waals surface area (Å²) < 4.78 is 5.71. The summed E-state index contributed by atoms with van der Waals surface area (Å²) in [6.07, 6.45) is -3.91. The van der Waals surface area contributed by atoms with Gasteiger partial charge in [-0.1, -0.05) is 72.8 Å². The molecular weight excluding hydrogens is 1520 g/mol. The van der Waals surface area contributed by atoms with Gasteiger partial charge in [0.25, 0.3) is 0 Å². The van der Waals surface area contributed by atoms with Gasteiger partial charge in [0.05, 0.1) is 19.1 Å². The van der Waals surface area contributed by atoms with E-state index in [0.29, 0.717) is 38.7 Å². The van der Waals surface area contributed by atoms with Gasteiger partial charge in [-0.25, -0.2) is 0 Å². The fraction of sp³-hybridized carbons (Fsp3) is 0.461. The number of nitrogens with two attached hydrogens (primary N) is 5. The molecule has 0 unspecified atom stereocenters. The zero-order valence-electron chi connectivity index (χ0n) is 64.4. The number of rotatable bonds is 37. The fourth-order valence-corrected chi connectivity index (χ4v) is 13.3. The number of nitrogens with one attached hydrogen (secondary N) is 14. The second kappa shape index (κ2) is 44.8. The largest absolute Gasteiger partial charge is 0.492 e. The van der Waals surface area contributed by atoms with Gasteiger partial charge >= 0.3 is 0 Å². The van der Waals surface area contributed by atoms with E-state index in [1.54, 1.807) is 97.2 Å². The van der Waals surface area contributed by atoms with Crippen molar-refractivity contribution < 1.29 is 91.4 Å². The number of aliphatic hydroxyl groups is 1. The number of carbonyl (C=O) groups is 17. The molecule has 0 saturated carbocycles. The first-order chi connectivity index (χ1) is 54.5. The Hall–Kier alpha value is -12.3. The number of para-hydroxylation sites is 1. The van der Waals surface area contributed by atoms with Crippen LogP contribution >= 0.6 is 11.8 Å². The summed E-state index contributed by atoms with van der Waals surface area (Å²) in [7, 11) is 0. The maximum atomic E-state index is 15.6. The SMILES string of the molecule is CC(=O)NCCCC[C@H](NC(=O)C(C)(C)NC(=O)[C@H](Cc1cccc2ccccc12)NC(=O)[C@H](Cc1ccc(OCCN)cc1)NC(=O)[C@@H]1CSCC[C@H](NC(C)=O)C(=O)N[C@@H](CCC(N)=O)C(=O)N[C@@H]([C@@H](C)O)C(=O)N[C@@H](Cc2c[nH]c3ccccc23)C(=O)N[C@@H](CCC(N)=O)C(=O)N1)C(=O)N[C@@H](CC(N)=O)C(=O)NCC(N)=O. The van der Waals surface area contributed by atoms with Gasteiger partial charge in [0, 0.05) is 81.9 Å². The molecule has 0 spiro atoms. The van der Waals surface area contributed by atoms with Gasteiger partial charge < -0.3 is 113 Å². The van der Waals surface area contributed by atoms with Crippen LogP contribution in [0.15, 0.2) is 97.2 Å². The topological polar surface area (TPSA) is 622 Å². The Morgan fingerprint density at radius 2 is 1.19 bits per heavy atom. The summed E-state index contributed by atoms with van der Waals surface area (Å²) in [5, 5.41) is 46.2. The van der Waals surface area contributed by atoms with Crippen molar-refractivity contribution in [2.45, 2.75) is 184 Å². The van der Waals surface area contributed by atoms with Gasteiger partial charge in [0.2, 0.25) is 100 Å². The van der Waals surface area contributed by atoms with Crippen LogP contribution in [-0.2, 0) is 101 Å². The number of aliphatic hydroxyl groups excluding tert-OH is 1. The van der Waals surface area contributed by atoms with Crippen LogP contribution in [0, 0.1) is 0 Å². The van der Waals surface area contributed by atoms with E-state index in [4.69, 9.17) is 33.4 Å². The molecule has 6 rings (SSSR count). The summed E-state index contributed by atoms with van der Waals surface area (Å²) in [6, 6.07) is 8.71. The molecule has 5 aromatic rings. The molecule has 4 aromatic carbocycles. The minimum absolute atomic E-state index is 0.124. The van der Waals surface area contributed by atoms with Crippen LogP contribution in [0.4, 0.5) is 0 Å². The van der Waals surface area contributed by atoms with E-state index in [2.05, 4.69) is 74.1 Å². The molecule has 1 fully saturated rings. The Bertz CT molecular complexity index is 4340. The molecule has 1 aromatic heterocycles. The Labute approximate surface area is 666 Å². The highest BCUT2D eigenvalue weighted by Crippen LogP contribution is 2.24. The Morgan fingerprint density at radius 3 is 1.83 bits per heavy atom. The van der Waals surface area contributed by atoms with Gasteiger partial charge in [-0.05, 0) is 111 Å². The number of hydrogen-bond donors (Lipinski definition) is 20. The average Bonchev–Trinajstić information content (AvgIpc) is 1.81. The third-order valence-corrected chi connectivity index (χ3v) is 19.4. The Balaban J connectivity index is 1.43. The summed E-state index contributed by atoms with van der Waals surface area (Å²) in [6.45, 7) is 5.87. The van der Waals surface area contributed by atoms with E-state index in [9.17, 15) is 67.4 Å². The van der Waals surface area contributed by atoms with Gasteiger partial charge in [-0.15, -0.1) is 0 Å². The van der Waals surface area contributed by atoms with E-state index in [-0.39, 0.29) is 76.3 Å². The van der Waals surface area contributed by atoms with Gasteiger partial charge in [0.15, 0.2) is 0 Å². The number of amides is 17. The van der Waals surface area contributed by atoms with Crippen molar-refractivity contribution >= 4 is 134 Å². The molecule has 11 atom stereocenters. The maximum Gasteiger partial charge on any atom is 0.245 e. The number of carbonyl (C=O) groups excluding carboxylic acids is 17. The van der Waals surface area contributed by atoms with Crippen LogP contribution < -0.4 is 103 Å². The number of aromatic amines is 1. The molecule has 115 heavy (non-hydrogen) atoms. The summed E-state index contributed by atoms with van der Waals surface area (Å²) in [5.41, 5.74) is 27.4. The molecule has 2 heterocycles. The van der Waals surface area contributed by atoms with Crippen molar-refractivity contribution in [3.05, 3.63) is 114 Å². The number of hydrogen-bond acceptors (Lipinski definition) is 21. The lowest BCUT2D eigenvalue weighted by atomic mass is 9.96. The van der Waals surface area contributed by atoms with Crippen molar-refractivity contribution in [3.8, 4) is 5.75 Å². The zero-order valence-corrected chi connectivity index (χ0v) is 65.2. The van der Waals surface area contributed by atoms with E-state index in [1.165, 1.54) is 20.8 Å². The number of fused-ring (bicyclic) bond motifs is 2. The van der Waals surface area contributed by atoms with Crippen LogP contribution in [0.2, 0.25) is 0 Å². The molecule has 0 aliphatic carbocycles. The lowest BCUT2D eigenvalue weighted by Crippen LogP contribution is -2.64. The van der Waals surface area contributed by atoms with Crippen LogP contribution in [0.3, 0.4) is 0 Å². The van der Waals surface area contributed by atoms with E-state index in [0.717, 1.165) is 31.0 Å². The second-order valence-electron chi connectivity index (χ2n) is 28.1. The first-order valence-electron chi connectivity index (χ1n) is 37.2. The first kappa shape index (κ1) is 91.6. The third kappa shape index (κ3) is 30.0. The van der Waals surface area contributed by atoms with Crippen molar-refractivity contribution in [1.29, 1.82) is 0 Å². The normalized spacial score (nSPS) is 18.5. The number of ether oxygens (including phenoxy) is 1. The van der Waals surface area contributed by atoms with Crippen molar-refractivity contribution in [3.63, 3.8) is 0 Å². The molecule has 38 nitrogen and oxygen atoms in total. The molecule has 1 saturated heterocycles. The third-order valence-electron chi connectivity index (χ3n) is 18.3. The van der Waals surface area contributed by atoms with Crippen molar-refractivity contribution in [2.75, 3.05) is 37.7 Å². The first-order valence-corrected chi connectivity index (χ1v) is 38.4. The van der Waals surface area contributed by atoms with Crippen LogP contribution in [0.1, 0.15) is 109 Å². The standard InChI is InChI=1S/C76H103N19O19S/c1-40(96)64-74(112)91-56(35-46-37-83-50-18-9-8-17-49(46)50)71(109)87-52(24-26-60(78)99)67(105)92-59(39-115-32-28-54(85-42(3)98)68(106)86-53(69(107)94-64)25-27-61(79)100)72(110)88-55(33-43-20-22-47(23-21-43)114-31-29-77)70(108)89-57(34-45-15-12-14-44-13-6-7-16-48(44)45)73(111)95-76(4,5)75(113)93-51(19-10-11-30-82-41(2)97)66(104)90-58(36-62(80)101)65(103)84-38-63(81)102/h6-9,12-18,20-23,37,40,51-59,64,83,96H,10-11,19,24-36,38-39,77H2,1-5H3,(H2,78,99)(H2,79,100)(H2,80,101)(H2,81,102)(H,82,97)(H,84,103)(H,85,98)(H,86,106)(H,87,109)(H,88,110)(H,89,108)(H,90,104)(H,91,112)(H,92,105)(H,93,113)(H,94,107)(H,95,111)/t40-,51+,52+,53+,54+,55+,56+,57+,58+,59+,64+/m1/s1. The van der Waals surface area contributed by atoms with E-state index in [1.807, 2.05) is 0 Å². The molecule has 25 N–H and O–H groups in total. The van der Waals surface area contributed by atoms with Crippen LogP contribution in [0.5, 0.6) is 5.75 Å². The molecule has 0 bridgehead atoms. The molecule has 17 amide bonds. The monoisotopic (exact) mass is 1620 g/mol. The molecule has 1 aliphatic rings. The van der Waals surface area contributed by atoms with Crippen LogP contribution in [-0.4, -0.2) is 220 Å². The van der Waals surface area contributed by atoms with Gasteiger partial charge in [-0.2, -0.15) is 11.8 Å². The molecule has 39 heteroatoms. The quantitative estimate of drug-likeness (QED) is 0.0166. The fourth-order valence-electron chi connectivity index (χ4n) is 12.2.